The molecule has 2 aromatic rings. The molecule has 1 saturated heterocycles. The first-order valence-electron chi connectivity index (χ1n) is 8.12. The molecule has 0 saturated carbocycles. The Hall–Kier alpha value is -1.91. The molecule has 0 bridgehead atoms. The standard InChI is InChI=1S/C19H24N2O2/c1-19(22,18-6-4-12-21(18)2)16-7-9-17(10-8-16)23-14-15-5-3-11-20-13-15/h3,5,7-11,13,18,22H,4,6,12,14H2,1-2H3/t18-,19?/m1/s1. The molecule has 0 amide bonds. The highest BCUT2D eigenvalue weighted by atomic mass is 16.5. The van der Waals surface area contributed by atoms with Crippen molar-refractivity contribution in [2.24, 2.45) is 0 Å². The molecule has 0 radical (unpaired) electrons. The molecule has 0 aliphatic carbocycles. The third-order valence-corrected chi connectivity index (χ3v) is 4.74. The molecule has 3 rings (SSSR count). The van der Waals surface area contributed by atoms with Gasteiger partial charge in [-0.15, -0.1) is 0 Å². The average molecular weight is 312 g/mol. The Bertz CT molecular complexity index is 626. The highest BCUT2D eigenvalue weighted by Gasteiger charge is 2.38. The largest absolute Gasteiger partial charge is 0.489 e. The number of nitrogens with zero attached hydrogens (tertiary/aromatic N) is 2. The molecule has 1 fully saturated rings. The van der Waals surface area contributed by atoms with Crippen molar-refractivity contribution in [1.82, 2.24) is 9.88 Å². The maximum Gasteiger partial charge on any atom is 0.119 e. The number of hydrogen-bond acceptors (Lipinski definition) is 4. The van der Waals surface area contributed by atoms with Crippen LogP contribution in [0.2, 0.25) is 0 Å². The molecule has 1 aromatic carbocycles. The summed E-state index contributed by atoms with van der Waals surface area (Å²) < 4.78 is 5.77. The molecule has 2 atom stereocenters. The molecule has 4 nitrogen and oxygen atoms in total. The van der Waals surface area contributed by atoms with Gasteiger partial charge in [0.05, 0.1) is 0 Å². The molecule has 2 heterocycles. The van der Waals surface area contributed by atoms with Crippen LogP contribution in [-0.2, 0) is 12.2 Å². The summed E-state index contributed by atoms with van der Waals surface area (Å²) >= 11 is 0. The Kier molecular flexibility index (Phi) is 4.64. The van der Waals surface area contributed by atoms with Crippen LogP contribution in [0.15, 0.2) is 48.8 Å². The Morgan fingerprint density at radius 1 is 1.30 bits per heavy atom. The first-order valence-corrected chi connectivity index (χ1v) is 8.12. The normalized spacial score (nSPS) is 21.1. The van der Waals surface area contributed by atoms with Crippen LogP contribution in [0.1, 0.15) is 30.9 Å². The smallest absolute Gasteiger partial charge is 0.119 e. The summed E-state index contributed by atoms with van der Waals surface area (Å²) in [5.74, 6) is 0.799. The van der Waals surface area contributed by atoms with Gasteiger partial charge < -0.3 is 14.7 Å². The Balaban J connectivity index is 1.67. The highest BCUT2D eigenvalue weighted by Crippen LogP contribution is 2.34. The van der Waals surface area contributed by atoms with Gasteiger partial charge in [-0.25, -0.2) is 0 Å². The second-order valence-electron chi connectivity index (χ2n) is 6.46. The summed E-state index contributed by atoms with van der Waals surface area (Å²) in [5.41, 5.74) is 1.13. The summed E-state index contributed by atoms with van der Waals surface area (Å²) in [7, 11) is 2.08. The number of aromatic nitrogens is 1. The number of ether oxygens (including phenoxy) is 1. The number of likely N-dealkylation sites (N-methyl/N-ethyl adjacent to an activating group) is 1. The fraction of sp³-hybridized carbons (Fsp3) is 0.421. The van der Waals surface area contributed by atoms with Crippen molar-refractivity contribution in [1.29, 1.82) is 0 Å². The lowest BCUT2D eigenvalue weighted by Gasteiger charge is -2.35. The number of likely N-dealkylation sites (tertiary alicyclic amines) is 1. The van der Waals surface area contributed by atoms with Gasteiger partial charge in [0.15, 0.2) is 0 Å². The van der Waals surface area contributed by atoms with Gasteiger partial charge >= 0.3 is 0 Å². The van der Waals surface area contributed by atoms with Gasteiger partial charge in [0.2, 0.25) is 0 Å². The summed E-state index contributed by atoms with van der Waals surface area (Å²) in [5, 5.41) is 11.0. The van der Waals surface area contributed by atoms with E-state index in [4.69, 9.17) is 4.74 Å². The number of hydrogen-bond donors (Lipinski definition) is 1. The monoisotopic (exact) mass is 312 g/mol. The van der Waals surface area contributed by atoms with E-state index in [2.05, 4.69) is 16.9 Å². The number of benzene rings is 1. The van der Waals surface area contributed by atoms with E-state index >= 15 is 0 Å². The van der Waals surface area contributed by atoms with Gasteiger partial charge in [0.1, 0.15) is 18.0 Å². The van der Waals surface area contributed by atoms with Crippen LogP contribution in [0, 0.1) is 0 Å². The molecule has 0 spiro atoms. The van der Waals surface area contributed by atoms with E-state index in [0.29, 0.717) is 6.61 Å². The minimum absolute atomic E-state index is 0.171. The molecular weight excluding hydrogens is 288 g/mol. The summed E-state index contributed by atoms with van der Waals surface area (Å²) in [6.45, 7) is 3.45. The van der Waals surface area contributed by atoms with Gasteiger partial charge in [-0.05, 0) is 57.1 Å². The predicted octanol–water partition coefficient (Wildman–Crippen LogP) is 2.96. The lowest BCUT2D eigenvalue weighted by atomic mass is 9.87. The summed E-state index contributed by atoms with van der Waals surface area (Å²) in [6, 6.07) is 11.8. The molecule has 122 valence electrons. The lowest BCUT2D eigenvalue weighted by Crippen LogP contribution is -2.43. The van der Waals surface area contributed by atoms with Crippen molar-refractivity contribution in [3.8, 4) is 5.75 Å². The fourth-order valence-electron chi connectivity index (χ4n) is 3.35. The average Bonchev–Trinajstić information content (AvgIpc) is 3.01. The number of aliphatic hydroxyl groups is 1. The van der Waals surface area contributed by atoms with Crippen LogP contribution in [0.25, 0.3) is 0 Å². The summed E-state index contributed by atoms with van der Waals surface area (Å²) in [6.07, 6.45) is 5.72. The van der Waals surface area contributed by atoms with Crippen LogP contribution >= 0.6 is 0 Å². The fourth-order valence-corrected chi connectivity index (χ4v) is 3.35. The van der Waals surface area contributed by atoms with Crippen LogP contribution < -0.4 is 4.74 Å². The van der Waals surface area contributed by atoms with Crippen LogP contribution in [0.4, 0.5) is 0 Å². The van der Waals surface area contributed by atoms with Crippen molar-refractivity contribution in [3.63, 3.8) is 0 Å². The third-order valence-electron chi connectivity index (χ3n) is 4.74. The molecule has 1 N–H and O–H groups in total. The van der Waals surface area contributed by atoms with Gasteiger partial charge in [0.25, 0.3) is 0 Å². The van der Waals surface area contributed by atoms with Gasteiger partial charge in [0, 0.05) is 24.0 Å². The zero-order valence-corrected chi connectivity index (χ0v) is 13.8. The molecule has 4 heteroatoms. The Labute approximate surface area is 137 Å². The zero-order chi connectivity index (χ0) is 16.3. The van der Waals surface area contributed by atoms with Crippen molar-refractivity contribution < 1.29 is 9.84 Å². The van der Waals surface area contributed by atoms with Gasteiger partial charge in [-0.3, -0.25) is 4.98 Å². The zero-order valence-electron chi connectivity index (χ0n) is 13.8. The van der Waals surface area contributed by atoms with Crippen LogP contribution in [-0.4, -0.2) is 34.6 Å². The molecule has 1 aliphatic rings. The second-order valence-corrected chi connectivity index (χ2v) is 6.46. The molecule has 1 aliphatic heterocycles. The van der Waals surface area contributed by atoms with E-state index in [0.717, 1.165) is 36.3 Å². The van der Waals surface area contributed by atoms with Crippen LogP contribution in [0.3, 0.4) is 0 Å². The minimum atomic E-state index is -0.840. The van der Waals surface area contributed by atoms with Crippen LogP contribution in [0.5, 0.6) is 5.75 Å². The Morgan fingerprint density at radius 2 is 2.09 bits per heavy atom. The van der Waals surface area contributed by atoms with E-state index in [1.807, 2.05) is 43.3 Å². The van der Waals surface area contributed by atoms with Gasteiger partial charge in [-0.1, -0.05) is 18.2 Å². The van der Waals surface area contributed by atoms with Crippen molar-refractivity contribution in [2.45, 2.75) is 38.0 Å². The minimum Gasteiger partial charge on any atom is -0.489 e. The number of rotatable bonds is 5. The van der Waals surface area contributed by atoms with Crippen molar-refractivity contribution in [2.75, 3.05) is 13.6 Å². The molecule has 1 aromatic heterocycles. The SMILES string of the molecule is CN1CCC[C@@H]1C(C)(O)c1ccc(OCc2cccnc2)cc1. The predicted molar refractivity (Wildman–Crippen MR) is 90.2 cm³/mol. The van der Waals surface area contributed by atoms with E-state index in [9.17, 15) is 5.11 Å². The highest BCUT2D eigenvalue weighted by molar-refractivity contribution is 5.32. The quantitative estimate of drug-likeness (QED) is 0.922. The maximum absolute atomic E-state index is 11.0. The Morgan fingerprint density at radius 3 is 2.70 bits per heavy atom. The number of pyridine rings is 1. The summed E-state index contributed by atoms with van der Waals surface area (Å²) in [4.78, 5) is 6.32. The second kappa shape index (κ2) is 6.69. The topological polar surface area (TPSA) is 45.6 Å². The molecule has 23 heavy (non-hydrogen) atoms. The van der Waals surface area contributed by atoms with E-state index in [1.54, 1.807) is 12.4 Å². The first kappa shape index (κ1) is 16.0. The van der Waals surface area contributed by atoms with E-state index in [1.165, 1.54) is 0 Å². The first-order chi connectivity index (χ1) is 11.1. The molecule has 1 unspecified atom stereocenters. The lowest BCUT2D eigenvalue weighted by molar-refractivity contribution is -0.0153. The molecular formula is C19H24N2O2. The van der Waals surface area contributed by atoms with E-state index < -0.39 is 5.60 Å². The van der Waals surface area contributed by atoms with E-state index in [-0.39, 0.29) is 6.04 Å². The van der Waals surface area contributed by atoms with Gasteiger partial charge in [-0.2, -0.15) is 0 Å². The third kappa shape index (κ3) is 3.54. The maximum atomic E-state index is 11.0. The van der Waals surface area contributed by atoms with Crippen molar-refractivity contribution >= 4 is 0 Å². The van der Waals surface area contributed by atoms with Crippen molar-refractivity contribution in [3.05, 3.63) is 59.9 Å².